The molecule has 1 atom stereocenters. The third-order valence-corrected chi connectivity index (χ3v) is 8.53. The van der Waals surface area contributed by atoms with Crippen molar-refractivity contribution in [1.29, 1.82) is 0 Å². The Kier molecular flexibility index (Phi) is 3.90. The fourth-order valence-electron chi connectivity index (χ4n) is 6.32. The van der Waals surface area contributed by atoms with E-state index in [-0.39, 0.29) is 11.8 Å². The van der Waals surface area contributed by atoms with Crippen LogP contribution in [-0.2, 0) is 9.59 Å². The van der Waals surface area contributed by atoms with E-state index in [4.69, 9.17) is 0 Å². The Morgan fingerprint density at radius 2 is 1.42 bits per heavy atom. The number of likely N-dealkylation sites (tertiary alicyclic amines) is 2. The van der Waals surface area contributed by atoms with E-state index in [2.05, 4.69) is 15.1 Å². The van der Waals surface area contributed by atoms with Gasteiger partial charge in [-0.25, -0.2) is 0 Å². The van der Waals surface area contributed by atoms with Gasteiger partial charge >= 0.3 is 0 Å². The van der Waals surface area contributed by atoms with Crippen LogP contribution >= 0.6 is 0 Å². The van der Waals surface area contributed by atoms with E-state index in [0.29, 0.717) is 23.8 Å². The van der Waals surface area contributed by atoms with Gasteiger partial charge in [0.25, 0.3) is 0 Å². The first-order valence-corrected chi connectivity index (χ1v) is 10.8. The lowest BCUT2D eigenvalue weighted by Gasteiger charge is -2.39. The highest BCUT2D eigenvalue weighted by atomic mass is 16.2. The number of rotatable bonds is 3. The Morgan fingerprint density at radius 3 is 1.92 bits per heavy atom. The first-order valence-electron chi connectivity index (χ1n) is 10.8. The summed E-state index contributed by atoms with van der Waals surface area (Å²) in [5, 5.41) is 3.38. The van der Waals surface area contributed by atoms with Gasteiger partial charge in [-0.05, 0) is 62.3 Å². The second kappa shape index (κ2) is 5.95. The SMILES string of the molecule is O=C(CC1(C(=O)N2CCC3(CCC3)C2)CCNC1)N1CCC2(CCC2)C1. The molecule has 1 N–H and O–H groups in total. The zero-order chi connectivity index (χ0) is 17.8. The van der Waals surface area contributed by atoms with Gasteiger partial charge in [0.2, 0.25) is 11.8 Å². The highest BCUT2D eigenvalue weighted by Crippen LogP contribution is 2.50. The minimum Gasteiger partial charge on any atom is -0.342 e. The van der Waals surface area contributed by atoms with E-state index < -0.39 is 5.41 Å². The molecule has 3 saturated heterocycles. The van der Waals surface area contributed by atoms with Gasteiger partial charge in [0.1, 0.15) is 0 Å². The highest BCUT2D eigenvalue weighted by Gasteiger charge is 2.52. The molecule has 5 heteroatoms. The molecule has 1 unspecified atom stereocenters. The molecule has 5 fully saturated rings. The summed E-state index contributed by atoms with van der Waals surface area (Å²) in [6.07, 6.45) is 11.4. The number of nitrogens with one attached hydrogen (secondary N) is 1. The summed E-state index contributed by atoms with van der Waals surface area (Å²) in [4.78, 5) is 30.7. The molecule has 0 bridgehead atoms. The fourth-order valence-corrected chi connectivity index (χ4v) is 6.32. The quantitative estimate of drug-likeness (QED) is 0.840. The van der Waals surface area contributed by atoms with Crippen LogP contribution in [0, 0.1) is 16.2 Å². The third kappa shape index (κ3) is 2.61. The molecule has 26 heavy (non-hydrogen) atoms. The monoisotopic (exact) mass is 359 g/mol. The Balaban J connectivity index is 1.26. The molecular weight excluding hydrogens is 326 g/mol. The van der Waals surface area contributed by atoms with Gasteiger partial charge in [-0.1, -0.05) is 12.8 Å². The predicted molar refractivity (Wildman–Crippen MR) is 99.5 cm³/mol. The van der Waals surface area contributed by atoms with Crippen molar-refractivity contribution in [2.75, 3.05) is 39.3 Å². The van der Waals surface area contributed by atoms with Gasteiger partial charge in [0.15, 0.2) is 0 Å². The minimum atomic E-state index is -0.484. The van der Waals surface area contributed by atoms with Crippen LogP contribution in [0.5, 0.6) is 0 Å². The predicted octanol–water partition coefficient (Wildman–Crippen LogP) is 2.16. The number of hydrogen-bond acceptors (Lipinski definition) is 3. The minimum absolute atomic E-state index is 0.225. The summed E-state index contributed by atoms with van der Waals surface area (Å²) in [6, 6.07) is 0. The van der Waals surface area contributed by atoms with Crippen LogP contribution in [0.4, 0.5) is 0 Å². The summed E-state index contributed by atoms with van der Waals surface area (Å²) in [6.45, 7) is 5.23. The van der Waals surface area contributed by atoms with E-state index >= 15 is 0 Å². The van der Waals surface area contributed by atoms with Gasteiger partial charge in [0, 0.05) is 39.1 Å². The van der Waals surface area contributed by atoms with Crippen LogP contribution in [-0.4, -0.2) is 60.9 Å². The molecule has 5 aliphatic rings. The highest BCUT2D eigenvalue weighted by molar-refractivity contribution is 5.90. The van der Waals surface area contributed by atoms with E-state index in [9.17, 15) is 9.59 Å². The maximum absolute atomic E-state index is 13.5. The molecule has 0 aromatic heterocycles. The van der Waals surface area contributed by atoms with Crippen LogP contribution < -0.4 is 5.32 Å². The van der Waals surface area contributed by atoms with E-state index in [1.807, 2.05) is 0 Å². The standard InChI is InChI=1S/C21H33N3O2/c25-17(23-11-8-19(15-23)3-1-4-19)13-21(7-10-22-14-21)18(26)24-12-9-20(16-24)5-2-6-20/h22H,1-16H2. The lowest BCUT2D eigenvalue weighted by Crippen LogP contribution is -2.48. The van der Waals surface area contributed by atoms with E-state index in [0.717, 1.165) is 39.1 Å². The van der Waals surface area contributed by atoms with Crippen molar-refractivity contribution in [2.45, 2.75) is 64.2 Å². The van der Waals surface area contributed by atoms with Crippen LogP contribution in [0.3, 0.4) is 0 Å². The normalized spacial score (nSPS) is 34.3. The van der Waals surface area contributed by atoms with Crippen LogP contribution in [0.15, 0.2) is 0 Å². The lowest BCUT2D eigenvalue weighted by atomic mass is 9.68. The van der Waals surface area contributed by atoms with Crippen LogP contribution in [0.25, 0.3) is 0 Å². The summed E-state index contributed by atoms with van der Waals surface area (Å²) < 4.78 is 0. The maximum atomic E-state index is 13.5. The first kappa shape index (κ1) is 17.0. The molecule has 2 aliphatic carbocycles. The zero-order valence-electron chi connectivity index (χ0n) is 16.0. The number of nitrogens with zero attached hydrogens (tertiary/aromatic N) is 2. The molecule has 0 aromatic carbocycles. The second-order valence-electron chi connectivity index (χ2n) is 10.1. The maximum Gasteiger partial charge on any atom is 0.230 e. The van der Waals surface area contributed by atoms with Crippen LogP contribution in [0.1, 0.15) is 64.2 Å². The number of amides is 2. The average Bonchev–Trinajstić information content (AvgIpc) is 3.30. The molecule has 5 nitrogen and oxygen atoms in total. The molecule has 3 aliphatic heterocycles. The van der Waals surface area contributed by atoms with Crippen LogP contribution in [0.2, 0.25) is 0 Å². The topological polar surface area (TPSA) is 52.7 Å². The van der Waals surface area contributed by atoms with Crippen molar-refractivity contribution in [3.63, 3.8) is 0 Å². The zero-order valence-corrected chi connectivity index (χ0v) is 16.0. The molecule has 0 radical (unpaired) electrons. The van der Waals surface area contributed by atoms with Crippen molar-refractivity contribution >= 4 is 11.8 Å². The summed E-state index contributed by atoms with van der Waals surface area (Å²) in [7, 11) is 0. The molecule has 0 aromatic rings. The van der Waals surface area contributed by atoms with E-state index in [1.54, 1.807) is 0 Å². The van der Waals surface area contributed by atoms with Gasteiger partial charge in [0.05, 0.1) is 5.41 Å². The van der Waals surface area contributed by atoms with Gasteiger partial charge < -0.3 is 15.1 Å². The summed E-state index contributed by atoms with van der Waals surface area (Å²) in [5.74, 6) is 0.487. The van der Waals surface area contributed by atoms with Crippen molar-refractivity contribution in [3.05, 3.63) is 0 Å². The number of carbonyl (C=O) groups excluding carboxylic acids is 2. The molecule has 2 amide bonds. The number of carbonyl (C=O) groups is 2. The van der Waals surface area contributed by atoms with Crippen molar-refractivity contribution in [2.24, 2.45) is 16.2 Å². The fraction of sp³-hybridized carbons (Fsp3) is 0.905. The summed E-state index contributed by atoms with van der Waals surface area (Å²) in [5.41, 5.74) is 0.381. The van der Waals surface area contributed by atoms with Gasteiger partial charge in [-0.3, -0.25) is 9.59 Å². The molecule has 2 spiro atoms. The summed E-state index contributed by atoms with van der Waals surface area (Å²) >= 11 is 0. The largest absolute Gasteiger partial charge is 0.342 e. The first-order chi connectivity index (χ1) is 12.5. The lowest BCUT2D eigenvalue weighted by molar-refractivity contribution is -0.146. The smallest absolute Gasteiger partial charge is 0.230 e. The Labute approximate surface area is 156 Å². The van der Waals surface area contributed by atoms with Crippen molar-refractivity contribution < 1.29 is 9.59 Å². The Morgan fingerprint density at radius 1 is 0.808 bits per heavy atom. The third-order valence-electron chi connectivity index (χ3n) is 8.53. The Bertz CT molecular complexity index is 602. The van der Waals surface area contributed by atoms with Gasteiger partial charge in [-0.2, -0.15) is 0 Å². The van der Waals surface area contributed by atoms with Crippen molar-refractivity contribution in [1.82, 2.24) is 15.1 Å². The number of hydrogen-bond donors (Lipinski definition) is 1. The molecule has 3 heterocycles. The van der Waals surface area contributed by atoms with E-state index in [1.165, 1.54) is 51.4 Å². The molecule has 144 valence electrons. The Hall–Kier alpha value is -1.10. The van der Waals surface area contributed by atoms with Crippen molar-refractivity contribution in [3.8, 4) is 0 Å². The molecule has 2 saturated carbocycles. The average molecular weight is 360 g/mol. The molecule has 5 rings (SSSR count). The molecular formula is C21H33N3O2. The van der Waals surface area contributed by atoms with Gasteiger partial charge in [-0.15, -0.1) is 0 Å². The second-order valence-corrected chi connectivity index (χ2v) is 10.1.